The van der Waals surface area contributed by atoms with Crippen molar-refractivity contribution >= 4 is 106 Å². The zero-order valence-electron chi connectivity index (χ0n) is 79.3. The van der Waals surface area contributed by atoms with Crippen molar-refractivity contribution in [1.29, 1.82) is 0 Å². The Morgan fingerprint density at radius 2 is 0.892 bits per heavy atom. The standard InChI is InChI=1S/C55H86N12O15S.C39H76N4O4/c1-30(2)19-35(52(80)66-42(50(57)78)26-38-27-60-29-62-38)22-44(72)41(10-8-17-61-55(58)59)65-53(81)36(20-33-11-13-39(71)14-12-33)23-45(73)40(9-6-7-16-56)64-54(82)37(25-48(76)77)24-47(75)49(31(3)69)67-51(79)34(15-18-83-5)21-46(74)43(28-68)63-32(4)70;1-6-7-8-9-10-11-12-13-14-15-16-17-18-25-38(46)42-34(24-20-22-27-41)37(45)30-33(23-19-21-26-40)39(47)43-35(28-31(2)3)36(44)29-32(4)5/h11-14,27,29-31,34-37,40-43,49,68-69,71H,6-10,15-26,28,56H2,1-5H3,(H2,57,78)(H,60,62)(H,63,70)(H,64,82)(H,65,81)(H,66,80)(H,67,79)(H,76,77)(H4,58,59,61);31-35H,6-30,40-41H2,1-5H3,(H,42,46)(H,43,47)/t31-,34-,35-,36-,37+,40+,41+,42+,43+,49+;33-,34+,35+/m11/s1. The summed E-state index contributed by atoms with van der Waals surface area (Å²) in [5, 5.41) is 59.3. The molecule has 13 atom stereocenters. The van der Waals surface area contributed by atoms with Crippen molar-refractivity contribution in [1.82, 2.24) is 47.2 Å². The maximum Gasteiger partial charge on any atom is 0.304 e. The molecule has 0 fully saturated rings. The monoisotopic (exact) mass is 1850 g/mol. The molecule has 2 aromatic rings. The molecule has 35 nitrogen and oxygen atoms in total. The van der Waals surface area contributed by atoms with Crippen molar-refractivity contribution in [2.45, 2.75) is 348 Å². The number of ketones is 6. The number of amides is 8. The van der Waals surface area contributed by atoms with Gasteiger partial charge in [-0.3, -0.25) is 76.9 Å². The van der Waals surface area contributed by atoms with Gasteiger partial charge in [0.2, 0.25) is 47.3 Å². The number of Topliss-reactive ketones (excluding diaryl/α,β-unsaturated/α-hetero) is 6. The lowest BCUT2D eigenvalue weighted by atomic mass is 9.87. The first-order chi connectivity index (χ1) is 61.7. The number of carbonyl (C=O) groups excluding carboxylic acids is 14. The van der Waals surface area contributed by atoms with Gasteiger partial charge in [-0.25, -0.2) is 4.98 Å². The van der Waals surface area contributed by atoms with Crippen molar-refractivity contribution in [3.63, 3.8) is 0 Å². The lowest BCUT2D eigenvalue weighted by Gasteiger charge is -2.27. The summed E-state index contributed by atoms with van der Waals surface area (Å²) in [6, 6.07) is -2.31. The average Bonchev–Trinajstić information content (AvgIpc) is 1.02. The van der Waals surface area contributed by atoms with E-state index in [-0.39, 0.29) is 124 Å². The Balaban J connectivity index is 0.00000152. The quantitative estimate of drug-likeness (QED) is 0.0182. The van der Waals surface area contributed by atoms with Crippen LogP contribution >= 0.6 is 11.8 Å². The number of guanidine groups is 1. The lowest BCUT2D eigenvalue weighted by molar-refractivity contribution is -0.143. The van der Waals surface area contributed by atoms with Gasteiger partial charge >= 0.3 is 5.97 Å². The predicted octanol–water partition coefficient (Wildman–Crippen LogP) is 6.89. The number of phenols is 1. The minimum absolute atomic E-state index is 0.0101. The number of aromatic amines is 1. The molecule has 130 heavy (non-hydrogen) atoms. The Morgan fingerprint density at radius 1 is 0.454 bits per heavy atom. The van der Waals surface area contributed by atoms with Gasteiger partial charge in [0.25, 0.3) is 0 Å². The van der Waals surface area contributed by atoms with Gasteiger partial charge < -0.3 is 97.0 Å². The third-order valence-corrected chi connectivity index (χ3v) is 23.2. The van der Waals surface area contributed by atoms with Crippen molar-refractivity contribution in [3.8, 4) is 5.75 Å². The summed E-state index contributed by atoms with van der Waals surface area (Å²) in [6.07, 6.45) is 22.2. The number of carboxylic acid groups (broad SMARTS) is 1. The van der Waals surface area contributed by atoms with Crippen LogP contribution in [-0.2, 0) is 84.8 Å². The number of nitrogens with one attached hydrogen (secondary N) is 8. The van der Waals surface area contributed by atoms with Gasteiger partial charge in [0.15, 0.2) is 40.7 Å². The first-order valence-electron chi connectivity index (χ1n) is 47.2. The lowest BCUT2D eigenvalue weighted by Crippen LogP contribution is -2.52. The summed E-state index contributed by atoms with van der Waals surface area (Å²) in [5.41, 5.74) is 35.0. The van der Waals surface area contributed by atoms with Crippen molar-refractivity contribution in [2.24, 2.45) is 86.7 Å². The third kappa shape index (κ3) is 54.0. The molecule has 0 radical (unpaired) electrons. The highest BCUT2D eigenvalue weighted by atomic mass is 32.2. The highest BCUT2D eigenvalue weighted by molar-refractivity contribution is 7.98. The van der Waals surface area contributed by atoms with Crippen LogP contribution in [0.2, 0.25) is 0 Å². The van der Waals surface area contributed by atoms with Gasteiger partial charge in [-0.2, -0.15) is 11.8 Å². The van der Waals surface area contributed by atoms with Crippen LogP contribution in [0.3, 0.4) is 0 Å². The molecule has 24 N–H and O–H groups in total. The number of aromatic hydroxyl groups is 1. The molecule has 1 heterocycles. The highest BCUT2D eigenvalue weighted by Crippen LogP contribution is 2.27. The van der Waals surface area contributed by atoms with E-state index in [1.54, 1.807) is 6.26 Å². The Bertz CT molecular complexity index is 3710. The Labute approximate surface area is 774 Å². The van der Waals surface area contributed by atoms with E-state index in [0.717, 1.165) is 51.9 Å². The summed E-state index contributed by atoms with van der Waals surface area (Å²) in [6.45, 7) is 16.8. The van der Waals surface area contributed by atoms with Crippen molar-refractivity contribution in [2.75, 3.05) is 44.8 Å². The van der Waals surface area contributed by atoms with Gasteiger partial charge in [0.1, 0.15) is 23.9 Å². The van der Waals surface area contributed by atoms with Crippen LogP contribution in [0.4, 0.5) is 0 Å². The topological polar surface area (TPSA) is 618 Å². The fraction of sp³-hybridized carbons (Fsp3) is 0.734. The van der Waals surface area contributed by atoms with Crippen LogP contribution in [0.25, 0.3) is 0 Å². The number of hydrogen-bond donors (Lipinski definition) is 18. The third-order valence-electron chi connectivity index (χ3n) is 22.6. The number of carboxylic acids is 1. The fourth-order valence-electron chi connectivity index (χ4n) is 15.4. The fourth-order valence-corrected chi connectivity index (χ4v) is 15.9. The van der Waals surface area contributed by atoms with E-state index in [9.17, 15) is 92.3 Å². The molecule has 2 rings (SSSR count). The number of primary amides is 1. The summed E-state index contributed by atoms with van der Waals surface area (Å²) >= 11 is 1.35. The number of phenolic OH excluding ortho intramolecular Hbond substituents is 1. The van der Waals surface area contributed by atoms with Crippen LogP contribution in [0, 0.1) is 47.3 Å². The summed E-state index contributed by atoms with van der Waals surface area (Å²) in [4.78, 5) is 213. The molecule has 8 amide bonds. The number of carbonyl (C=O) groups is 15. The van der Waals surface area contributed by atoms with Crippen LogP contribution in [0.1, 0.15) is 298 Å². The van der Waals surface area contributed by atoms with E-state index in [1.807, 2.05) is 41.5 Å². The number of benzene rings is 1. The normalized spacial score (nSPS) is 14.4. The molecule has 0 spiro atoms. The largest absolute Gasteiger partial charge is 0.508 e. The van der Waals surface area contributed by atoms with E-state index < -0.39 is 181 Å². The minimum atomic E-state index is -1.71. The van der Waals surface area contributed by atoms with E-state index in [2.05, 4.69) is 59.1 Å². The average molecular weight is 1850 g/mol. The second kappa shape index (κ2) is 69.7. The van der Waals surface area contributed by atoms with Gasteiger partial charge in [-0.1, -0.05) is 144 Å². The van der Waals surface area contributed by atoms with Gasteiger partial charge in [-0.05, 0) is 170 Å². The van der Waals surface area contributed by atoms with Crippen LogP contribution in [0.15, 0.2) is 41.8 Å². The molecule has 0 bridgehead atoms. The van der Waals surface area contributed by atoms with Crippen molar-refractivity contribution in [3.05, 3.63) is 48.0 Å². The summed E-state index contributed by atoms with van der Waals surface area (Å²) in [7, 11) is 0. The number of hydrogen-bond acceptors (Lipinski definition) is 24. The van der Waals surface area contributed by atoms with Gasteiger partial charge in [-0.15, -0.1) is 0 Å². The van der Waals surface area contributed by atoms with Crippen LogP contribution < -0.4 is 71.6 Å². The number of thioether (sulfide) groups is 1. The Kier molecular flexibility index (Phi) is 63.8. The molecular formula is C94H162N16O19S. The van der Waals surface area contributed by atoms with Gasteiger partial charge in [0.05, 0.1) is 55.5 Å². The maximum atomic E-state index is 14.7. The minimum Gasteiger partial charge on any atom is -0.508 e. The van der Waals surface area contributed by atoms with Crippen molar-refractivity contribution < 1.29 is 92.3 Å². The SMILES string of the molecule is CCCCCCCCCCCCCCCC(=O)N[C@@H](CCCCN)C(=O)C[C@@H](CCCCN)C(=O)N[C@@H](CC(C)C)C(=O)CC(C)C.CSCC[C@H](CC(=O)[C@H](CO)NC(C)=O)C(=O)N[C@H](C(=O)C[C@@H](CC(=O)O)C(=O)N[C@@H](CCCCN)C(=O)C[C@@H](Cc1ccc(O)cc1)C(=O)N[C@@H](CCCN=C(N)N)C(=O)C[C@@H](CC(C)C)C(=O)N[C@@H](Cc1cnc[nH]1)C(N)=O)[C@@H](C)O. The zero-order chi connectivity index (χ0) is 97.6. The molecule has 0 aliphatic carbocycles. The molecule has 0 aliphatic rings. The molecule has 36 heteroatoms. The summed E-state index contributed by atoms with van der Waals surface area (Å²) in [5.74, 6) is -14.9. The number of aliphatic imine (C=N–C) groups is 1. The first kappa shape index (κ1) is 119. The maximum absolute atomic E-state index is 14.7. The molecule has 738 valence electrons. The van der Waals surface area contributed by atoms with E-state index in [4.69, 9.17) is 34.4 Å². The number of imidazole rings is 1. The molecular weight excluding hydrogens is 1690 g/mol. The van der Waals surface area contributed by atoms with E-state index in [0.29, 0.717) is 68.6 Å². The van der Waals surface area contributed by atoms with Gasteiger partial charge in [0, 0.05) is 100 Å². The Hall–Kier alpha value is -9.10. The number of unbranched alkanes of at least 4 members (excludes halogenated alkanes) is 15. The predicted molar refractivity (Wildman–Crippen MR) is 504 cm³/mol. The number of aromatic nitrogens is 2. The number of aliphatic hydroxyl groups is 2. The molecule has 0 saturated heterocycles. The summed E-state index contributed by atoms with van der Waals surface area (Å²) < 4.78 is 0. The number of H-pyrrole nitrogens is 1. The highest BCUT2D eigenvalue weighted by Gasteiger charge is 2.39. The second-order valence-corrected chi connectivity index (χ2v) is 36.9. The molecule has 0 unspecified atom stereocenters. The number of nitrogens with zero attached hydrogens (tertiary/aromatic N) is 2. The van der Waals surface area contributed by atoms with E-state index >= 15 is 0 Å². The first-order valence-corrected chi connectivity index (χ1v) is 48.6. The number of aliphatic hydroxyl groups excluding tert-OH is 2. The molecule has 0 saturated carbocycles. The molecule has 0 aliphatic heterocycles. The number of aliphatic carboxylic acids is 1. The van der Waals surface area contributed by atoms with Crippen LogP contribution in [-0.4, -0.2) is 217 Å². The zero-order valence-corrected chi connectivity index (χ0v) is 80.1. The molecule has 1 aromatic carbocycles. The smallest absolute Gasteiger partial charge is 0.304 e. The molecule has 1 aromatic heterocycles. The second-order valence-electron chi connectivity index (χ2n) is 35.9. The Morgan fingerprint density at radius 3 is 1.36 bits per heavy atom. The number of nitrogens with two attached hydrogens (primary N) is 6. The number of rotatable bonds is 76. The van der Waals surface area contributed by atoms with Crippen LogP contribution in [0.5, 0.6) is 5.75 Å². The van der Waals surface area contributed by atoms with E-state index in [1.165, 1.54) is 120 Å².